The van der Waals surface area contributed by atoms with Crippen molar-refractivity contribution < 1.29 is 0 Å². The van der Waals surface area contributed by atoms with Gasteiger partial charge in [-0.1, -0.05) is 24.3 Å². The zero-order valence-corrected chi connectivity index (χ0v) is 10.5. The van der Waals surface area contributed by atoms with Gasteiger partial charge in [-0.15, -0.1) is 0 Å². The summed E-state index contributed by atoms with van der Waals surface area (Å²) in [6.07, 6.45) is 0. The lowest BCUT2D eigenvalue weighted by Crippen LogP contribution is -2.29. The van der Waals surface area contributed by atoms with Crippen LogP contribution in [-0.2, 0) is 13.1 Å². The van der Waals surface area contributed by atoms with Gasteiger partial charge in [-0.25, -0.2) is 0 Å². The second kappa shape index (κ2) is 4.61. The molecule has 2 heterocycles. The molecule has 2 N–H and O–H groups in total. The average Bonchev–Trinajstić information content (AvgIpc) is 2.98. The van der Waals surface area contributed by atoms with Crippen LogP contribution in [0, 0.1) is 0 Å². The van der Waals surface area contributed by atoms with Crippen molar-refractivity contribution in [3.63, 3.8) is 0 Å². The standard InChI is InChI=1S/C14H16N2S/c15-7-14(13-5-6-17-10-13)16-8-11-3-1-2-4-12(11)9-16/h1-6,10,14H,7-9,15H2. The van der Waals surface area contributed by atoms with Gasteiger partial charge in [0.15, 0.2) is 0 Å². The summed E-state index contributed by atoms with van der Waals surface area (Å²) in [5, 5.41) is 4.34. The number of fused-ring (bicyclic) bond motifs is 1. The van der Waals surface area contributed by atoms with Gasteiger partial charge in [0.25, 0.3) is 0 Å². The lowest BCUT2D eigenvalue weighted by molar-refractivity contribution is 0.205. The molecule has 2 nitrogen and oxygen atoms in total. The molecule has 2 aromatic rings. The first-order valence-corrected chi connectivity index (χ1v) is 6.86. The van der Waals surface area contributed by atoms with Crippen LogP contribution in [0.15, 0.2) is 41.1 Å². The summed E-state index contributed by atoms with van der Waals surface area (Å²) in [6.45, 7) is 2.73. The normalized spacial score (nSPS) is 17.0. The van der Waals surface area contributed by atoms with E-state index < -0.39 is 0 Å². The minimum Gasteiger partial charge on any atom is -0.329 e. The zero-order chi connectivity index (χ0) is 11.7. The number of rotatable bonds is 3. The van der Waals surface area contributed by atoms with E-state index in [1.807, 2.05) is 0 Å². The van der Waals surface area contributed by atoms with Gasteiger partial charge in [-0.3, -0.25) is 4.90 Å². The molecule has 0 aliphatic carbocycles. The number of nitrogens with two attached hydrogens (primary N) is 1. The number of hydrogen-bond donors (Lipinski definition) is 1. The molecule has 0 saturated heterocycles. The van der Waals surface area contributed by atoms with Crippen molar-refractivity contribution in [3.05, 3.63) is 57.8 Å². The summed E-state index contributed by atoms with van der Waals surface area (Å²) in [4.78, 5) is 2.46. The predicted molar refractivity (Wildman–Crippen MR) is 71.8 cm³/mol. The molecule has 3 rings (SSSR count). The third-order valence-corrected chi connectivity index (χ3v) is 4.16. The van der Waals surface area contributed by atoms with Crippen LogP contribution in [0.4, 0.5) is 0 Å². The maximum absolute atomic E-state index is 5.94. The van der Waals surface area contributed by atoms with E-state index in [1.54, 1.807) is 11.3 Å². The van der Waals surface area contributed by atoms with E-state index in [4.69, 9.17) is 5.73 Å². The molecule has 1 atom stereocenters. The molecule has 0 amide bonds. The second-order valence-corrected chi connectivity index (χ2v) is 5.26. The molecular formula is C14H16N2S. The lowest BCUT2D eigenvalue weighted by Gasteiger charge is -2.25. The molecule has 17 heavy (non-hydrogen) atoms. The van der Waals surface area contributed by atoms with Gasteiger partial charge >= 0.3 is 0 Å². The largest absolute Gasteiger partial charge is 0.329 e. The minimum absolute atomic E-state index is 0.355. The fourth-order valence-corrected chi connectivity index (χ4v) is 3.25. The predicted octanol–water partition coefficient (Wildman–Crippen LogP) is 2.76. The van der Waals surface area contributed by atoms with Gasteiger partial charge < -0.3 is 5.73 Å². The summed E-state index contributed by atoms with van der Waals surface area (Å²) in [7, 11) is 0. The van der Waals surface area contributed by atoms with Crippen LogP contribution < -0.4 is 5.73 Å². The van der Waals surface area contributed by atoms with Gasteiger partial charge in [0.05, 0.1) is 0 Å². The number of benzene rings is 1. The van der Waals surface area contributed by atoms with E-state index in [0.29, 0.717) is 12.6 Å². The molecule has 3 heteroatoms. The van der Waals surface area contributed by atoms with Crippen LogP contribution in [0.25, 0.3) is 0 Å². The quantitative estimate of drug-likeness (QED) is 0.899. The summed E-state index contributed by atoms with van der Waals surface area (Å²) >= 11 is 1.74. The highest BCUT2D eigenvalue weighted by Crippen LogP contribution is 2.31. The highest BCUT2D eigenvalue weighted by atomic mass is 32.1. The molecule has 88 valence electrons. The Kier molecular flexibility index (Phi) is 2.97. The van der Waals surface area contributed by atoms with Crippen LogP contribution in [0.3, 0.4) is 0 Å². The molecule has 0 radical (unpaired) electrons. The Hall–Kier alpha value is -1.16. The molecule has 0 bridgehead atoms. The first-order valence-electron chi connectivity index (χ1n) is 5.91. The van der Waals surface area contributed by atoms with Crippen LogP contribution in [0.1, 0.15) is 22.7 Å². The molecule has 0 spiro atoms. The fraction of sp³-hybridized carbons (Fsp3) is 0.286. The van der Waals surface area contributed by atoms with E-state index >= 15 is 0 Å². The summed E-state index contributed by atoms with van der Waals surface area (Å²) in [6, 6.07) is 11.2. The van der Waals surface area contributed by atoms with Crippen LogP contribution in [-0.4, -0.2) is 11.4 Å². The molecule has 0 saturated carbocycles. The number of hydrogen-bond acceptors (Lipinski definition) is 3. The average molecular weight is 244 g/mol. The first kappa shape index (κ1) is 11.0. The van der Waals surface area contributed by atoms with Gasteiger partial charge in [0.2, 0.25) is 0 Å². The Bertz CT molecular complexity index is 468. The Labute approximate surface area is 106 Å². The van der Waals surface area contributed by atoms with Gasteiger partial charge in [0, 0.05) is 25.7 Å². The third-order valence-electron chi connectivity index (χ3n) is 3.46. The second-order valence-electron chi connectivity index (χ2n) is 4.48. The van der Waals surface area contributed by atoms with Gasteiger partial charge in [-0.05, 0) is 33.5 Å². The van der Waals surface area contributed by atoms with Crippen LogP contribution >= 0.6 is 11.3 Å². The van der Waals surface area contributed by atoms with Gasteiger partial charge in [-0.2, -0.15) is 11.3 Å². The highest BCUT2D eigenvalue weighted by Gasteiger charge is 2.25. The molecule has 1 aliphatic heterocycles. The summed E-state index contributed by atoms with van der Waals surface area (Å²) < 4.78 is 0. The van der Waals surface area contributed by atoms with Crippen molar-refractivity contribution in [1.29, 1.82) is 0 Å². The molecule has 1 aliphatic rings. The first-order chi connectivity index (χ1) is 8.38. The van der Waals surface area contributed by atoms with Crippen molar-refractivity contribution >= 4 is 11.3 Å². The summed E-state index contributed by atoms with van der Waals surface area (Å²) in [5.41, 5.74) is 10.2. The van der Waals surface area contributed by atoms with Crippen molar-refractivity contribution in [2.45, 2.75) is 19.1 Å². The molecule has 1 aromatic heterocycles. The smallest absolute Gasteiger partial charge is 0.0485 e. The van der Waals surface area contributed by atoms with Crippen molar-refractivity contribution in [2.24, 2.45) is 5.73 Å². The fourth-order valence-electron chi connectivity index (χ4n) is 2.54. The SMILES string of the molecule is NCC(c1ccsc1)N1Cc2ccccc2C1. The van der Waals surface area contributed by atoms with Crippen molar-refractivity contribution in [2.75, 3.05) is 6.54 Å². The maximum Gasteiger partial charge on any atom is 0.0485 e. The topological polar surface area (TPSA) is 29.3 Å². The lowest BCUT2D eigenvalue weighted by atomic mass is 10.1. The monoisotopic (exact) mass is 244 g/mol. The Morgan fingerprint density at radius 1 is 1.18 bits per heavy atom. The Morgan fingerprint density at radius 2 is 1.88 bits per heavy atom. The Balaban J connectivity index is 1.83. The van der Waals surface area contributed by atoms with Crippen molar-refractivity contribution in [3.8, 4) is 0 Å². The van der Waals surface area contributed by atoms with E-state index in [9.17, 15) is 0 Å². The maximum atomic E-state index is 5.94. The molecule has 1 aromatic carbocycles. The van der Waals surface area contributed by atoms with E-state index in [1.165, 1.54) is 16.7 Å². The van der Waals surface area contributed by atoms with Crippen molar-refractivity contribution in [1.82, 2.24) is 4.90 Å². The zero-order valence-electron chi connectivity index (χ0n) is 9.67. The highest BCUT2D eigenvalue weighted by molar-refractivity contribution is 7.07. The number of nitrogens with zero attached hydrogens (tertiary/aromatic N) is 1. The van der Waals surface area contributed by atoms with Crippen LogP contribution in [0.5, 0.6) is 0 Å². The van der Waals surface area contributed by atoms with E-state index in [2.05, 4.69) is 46.0 Å². The third kappa shape index (κ3) is 2.02. The minimum atomic E-state index is 0.355. The van der Waals surface area contributed by atoms with E-state index in [0.717, 1.165) is 13.1 Å². The van der Waals surface area contributed by atoms with Crippen LogP contribution in [0.2, 0.25) is 0 Å². The molecule has 1 unspecified atom stereocenters. The Morgan fingerprint density at radius 3 is 2.41 bits per heavy atom. The molecule has 0 fully saturated rings. The summed E-state index contributed by atoms with van der Waals surface area (Å²) in [5.74, 6) is 0. The van der Waals surface area contributed by atoms with Gasteiger partial charge in [0.1, 0.15) is 0 Å². The van der Waals surface area contributed by atoms with E-state index in [-0.39, 0.29) is 0 Å². The number of thiophene rings is 1. The molecular weight excluding hydrogens is 228 g/mol.